The number of carboxylic acids is 1. The van der Waals surface area contributed by atoms with E-state index in [2.05, 4.69) is 21.2 Å². The van der Waals surface area contributed by atoms with Gasteiger partial charge in [-0.25, -0.2) is 4.79 Å². The standard InChI is InChI=1S/C16H19BrN2O5/c1-16(9-24-2,15(22)23)18-13(20)10-7-8-19(14(10)21)12-6-4-3-5-11(12)17/h3-6,10H,7-9H2,1-2H3,(H,18,20)(H,22,23). The average molecular weight is 399 g/mol. The molecule has 2 rings (SSSR count). The molecule has 7 nitrogen and oxygen atoms in total. The highest BCUT2D eigenvalue weighted by atomic mass is 79.9. The first-order chi connectivity index (χ1) is 11.3. The van der Waals surface area contributed by atoms with Crippen molar-refractivity contribution in [2.24, 2.45) is 5.92 Å². The summed E-state index contributed by atoms with van der Waals surface area (Å²) >= 11 is 3.39. The number of para-hydroxylation sites is 1. The Balaban J connectivity index is 2.14. The molecular formula is C16H19BrN2O5. The molecule has 1 fully saturated rings. The van der Waals surface area contributed by atoms with Gasteiger partial charge < -0.3 is 20.1 Å². The van der Waals surface area contributed by atoms with Gasteiger partial charge in [-0.15, -0.1) is 0 Å². The molecule has 2 N–H and O–H groups in total. The van der Waals surface area contributed by atoms with E-state index in [1.54, 1.807) is 12.1 Å². The Labute approximate surface area is 148 Å². The van der Waals surface area contributed by atoms with Crippen LogP contribution in [0.4, 0.5) is 5.69 Å². The molecule has 0 aromatic heterocycles. The van der Waals surface area contributed by atoms with Gasteiger partial charge >= 0.3 is 5.97 Å². The summed E-state index contributed by atoms with van der Waals surface area (Å²) in [6.45, 7) is 1.55. The molecule has 24 heavy (non-hydrogen) atoms. The highest BCUT2D eigenvalue weighted by molar-refractivity contribution is 9.10. The molecule has 1 heterocycles. The van der Waals surface area contributed by atoms with Crippen molar-refractivity contribution in [1.82, 2.24) is 5.32 Å². The lowest BCUT2D eigenvalue weighted by atomic mass is 10.0. The van der Waals surface area contributed by atoms with Crippen LogP contribution >= 0.6 is 15.9 Å². The van der Waals surface area contributed by atoms with Crippen LogP contribution in [-0.4, -0.2) is 48.7 Å². The maximum Gasteiger partial charge on any atom is 0.331 e. The Morgan fingerprint density at radius 3 is 2.71 bits per heavy atom. The number of rotatable bonds is 6. The van der Waals surface area contributed by atoms with Crippen LogP contribution in [-0.2, 0) is 19.1 Å². The van der Waals surface area contributed by atoms with E-state index in [1.165, 1.54) is 18.9 Å². The molecule has 1 aromatic carbocycles. The first kappa shape index (κ1) is 18.4. The summed E-state index contributed by atoms with van der Waals surface area (Å²) in [5, 5.41) is 11.7. The molecule has 1 saturated heterocycles. The van der Waals surface area contributed by atoms with Crippen LogP contribution in [0.2, 0.25) is 0 Å². The van der Waals surface area contributed by atoms with Crippen LogP contribution in [0.15, 0.2) is 28.7 Å². The Hall–Kier alpha value is -1.93. The molecule has 0 saturated carbocycles. The number of methoxy groups -OCH3 is 1. The monoisotopic (exact) mass is 398 g/mol. The number of carbonyl (C=O) groups excluding carboxylic acids is 2. The number of carbonyl (C=O) groups is 3. The largest absolute Gasteiger partial charge is 0.479 e. The van der Waals surface area contributed by atoms with Crippen LogP contribution in [0, 0.1) is 5.92 Å². The van der Waals surface area contributed by atoms with Crippen molar-refractivity contribution in [2.45, 2.75) is 18.9 Å². The van der Waals surface area contributed by atoms with E-state index in [9.17, 15) is 19.5 Å². The minimum atomic E-state index is -1.58. The molecule has 2 atom stereocenters. The lowest BCUT2D eigenvalue weighted by Crippen LogP contribution is -2.57. The highest BCUT2D eigenvalue weighted by Gasteiger charge is 2.42. The summed E-state index contributed by atoms with van der Waals surface area (Å²) in [5.74, 6) is -3.07. The van der Waals surface area contributed by atoms with Crippen LogP contribution < -0.4 is 10.2 Å². The molecule has 1 aliphatic heterocycles. The van der Waals surface area contributed by atoms with E-state index in [1.807, 2.05) is 12.1 Å². The molecule has 1 aromatic rings. The zero-order valence-electron chi connectivity index (χ0n) is 13.4. The van der Waals surface area contributed by atoms with E-state index < -0.39 is 23.3 Å². The SMILES string of the molecule is COCC(C)(NC(=O)C1CCN(c2ccccc2Br)C1=O)C(=O)O. The zero-order chi connectivity index (χ0) is 17.9. The lowest BCUT2D eigenvalue weighted by Gasteiger charge is -2.26. The first-order valence-electron chi connectivity index (χ1n) is 7.40. The molecule has 0 radical (unpaired) electrons. The van der Waals surface area contributed by atoms with E-state index in [4.69, 9.17) is 4.74 Å². The Bertz CT molecular complexity index is 666. The van der Waals surface area contributed by atoms with Crippen molar-refractivity contribution in [3.8, 4) is 0 Å². The zero-order valence-corrected chi connectivity index (χ0v) is 15.0. The lowest BCUT2D eigenvalue weighted by molar-refractivity contribution is -0.150. The number of nitrogens with one attached hydrogen (secondary N) is 1. The van der Waals surface area contributed by atoms with Crippen LogP contribution in [0.1, 0.15) is 13.3 Å². The quantitative estimate of drug-likeness (QED) is 0.706. The first-order valence-corrected chi connectivity index (χ1v) is 8.19. The summed E-state index contributed by atoms with van der Waals surface area (Å²) in [6.07, 6.45) is 0.328. The number of nitrogens with zero attached hydrogens (tertiary/aromatic N) is 1. The molecule has 0 spiro atoms. The van der Waals surface area contributed by atoms with Crippen molar-refractivity contribution in [3.05, 3.63) is 28.7 Å². The molecule has 2 amide bonds. The number of aliphatic carboxylic acids is 1. The predicted octanol–water partition coefficient (Wildman–Crippen LogP) is 1.41. The number of carboxylic acid groups (broad SMARTS) is 1. The van der Waals surface area contributed by atoms with Crippen LogP contribution in [0.3, 0.4) is 0 Å². The summed E-state index contributed by atoms with van der Waals surface area (Å²) in [6, 6.07) is 7.24. The third-order valence-electron chi connectivity index (χ3n) is 3.97. The fourth-order valence-electron chi connectivity index (χ4n) is 2.63. The van der Waals surface area contributed by atoms with Gasteiger partial charge in [-0.2, -0.15) is 0 Å². The summed E-state index contributed by atoms with van der Waals surface area (Å²) < 4.78 is 5.63. The van der Waals surface area contributed by atoms with Crippen LogP contribution in [0.25, 0.3) is 0 Å². The normalized spacial score (nSPS) is 19.9. The van der Waals surface area contributed by atoms with Crippen molar-refractivity contribution in [1.29, 1.82) is 0 Å². The van der Waals surface area contributed by atoms with Gasteiger partial charge in [-0.05, 0) is 41.4 Å². The maximum atomic E-state index is 12.6. The average Bonchev–Trinajstić information content (AvgIpc) is 2.89. The number of benzene rings is 1. The smallest absolute Gasteiger partial charge is 0.331 e. The molecule has 0 bridgehead atoms. The third-order valence-corrected chi connectivity index (χ3v) is 4.64. The third kappa shape index (κ3) is 3.59. The minimum Gasteiger partial charge on any atom is -0.479 e. The Morgan fingerprint density at radius 1 is 1.46 bits per heavy atom. The van der Waals surface area contributed by atoms with Gasteiger partial charge in [0.2, 0.25) is 11.8 Å². The van der Waals surface area contributed by atoms with Crippen molar-refractivity contribution >= 4 is 39.4 Å². The highest BCUT2D eigenvalue weighted by Crippen LogP contribution is 2.31. The minimum absolute atomic E-state index is 0.192. The number of anilines is 1. The second-order valence-corrected chi connectivity index (χ2v) is 6.70. The second-order valence-electron chi connectivity index (χ2n) is 5.84. The number of hydrogen-bond acceptors (Lipinski definition) is 4. The molecule has 8 heteroatoms. The van der Waals surface area contributed by atoms with E-state index in [0.717, 1.165) is 4.47 Å². The number of ether oxygens (including phenoxy) is 1. The summed E-state index contributed by atoms with van der Waals surface area (Å²) in [7, 11) is 1.35. The number of amides is 2. The number of hydrogen-bond donors (Lipinski definition) is 2. The fourth-order valence-corrected chi connectivity index (χ4v) is 3.13. The molecule has 0 aliphatic carbocycles. The van der Waals surface area contributed by atoms with E-state index in [-0.39, 0.29) is 12.5 Å². The number of halogens is 1. The Kier molecular flexibility index (Phi) is 5.61. The van der Waals surface area contributed by atoms with Gasteiger partial charge in [-0.3, -0.25) is 9.59 Å². The molecule has 1 aliphatic rings. The van der Waals surface area contributed by atoms with Crippen molar-refractivity contribution in [3.63, 3.8) is 0 Å². The second kappa shape index (κ2) is 7.31. The molecular weight excluding hydrogens is 380 g/mol. The topological polar surface area (TPSA) is 95.9 Å². The predicted molar refractivity (Wildman–Crippen MR) is 90.7 cm³/mol. The van der Waals surface area contributed by atoms with Crippen LogP contribution in [0.5, 0.6) is 0 Å². The fraction of sp³-hybridized carbons (Fsp3) is 0.438. The van der Waals surface area contributed by atoms with Gasteiger partial charge in [-0.1, -0.05) is 12.1 Å². The van der Waals surface area contributed by atoms with Gasteiger partial charge in [0.1, 0.15) is 5.92 Å². The molecule has 130 valence electrons. The van der Waals surface area contributed by atoms with E-state index >= 15 is 0 Å². The van der Waals surface area contributed by atoms with Gasteiger partial charge in [0.15, 0.2) is 5.54 Å². The van der Waals surface area contributed by atoms with Gasteiger partial charge in [0, 0.05) is 18.1 Å². The van der Waals surface area contributed by atoms with Crippen molar-refractivity contribution in [2.75, 3.05) is 25.2 Å². The van der Waals surface area contributed by atoms with Crippen molar-refractivity contribution < 1.29 is 24.2 Å². The Morgan fingerprint density at radius 2 is 2.12 bits per heavy atom. The van der Waals surface area contributed by atoms with Gasteiger partial charge in [0.05, 0.1) is 12.3 Å². The summed E-state index contributed by atoms with van der Waals surface area (Å²) in [5.41, 5.74) is -0.886. The maximum absolute atomic E-state index is 12.6. The van der Waals surface area contributed by atoms with Gasteiger partial charge in [0.25, 0.3) is 0 Å². The summed E-state index contributed by atoms with van der Waals surface area (Å²) in [4.78, 5) is 37.9. The van der Waals surface area contributed by atoms with E-state index in [0.29, 0.717) is 18.7 Å². The molecule has 2 unspecified atom stereocenters.